The van der Waals surface area contributed by atoms with Gasteiger partial charge in [0.25, 0.3) is 0 Å². The van der Waals surface area contributed by atoms with Crippen molar-refractivity contribution in [3.63, 3.8) is 0 Å². The predicted octanol–water partition coefficient (Wildman–Crippen LogP) is -1.51. The van der Waals surface area contributed by atoms with E-state index in [0.717, 1.165) is 5.57 Å². The molecule has 4 aliphatic carbocycles. The Labute approximate surface area is 238 Å². The van der Waals surface area contributed by atoms with Crippen LogP contribution in [0, 0.1) is 28.6 Å². The van der Waals surface area contributed by atoms with Gasteiger partial charge in [-0.3, -0.25) is 0 Å². The number of hydrogen-bond donors (Lipinski definition) is 8. The minimum Gasteiger partial charge on any atom is -0.458 e. The number of aliphatic hydroxyl groups is 8. The van der Waals surface area contributed by atoms with Gasteiger partial charge in [-0.2, -0.15) is 0 Å². The molecule has 12 heteroatoms. The molecule has 0 bridgehead atoms. The molecule has 0 spiro atoms. The molecular formula is C29H44O12. The average molecular weight is 585 g/mol. The first-order valence-corrected chi connectivity index (χ1v) is 14.9. The van der Waals surface area contributed by atoms with Crippen LogP contribution in [0.3, 0.4) is 0 Å². The Morgan fingerprint density at radius 1 is 1.02 bits per heavy atom. The van der Waals surface area contributed by atoms with Crippen LogP contribution < -0.4 is 0 Å². The normalized spacial score (nSPS) is 56.9. The standard InChI is InChI=1S/C29H44O12/c1-13-22(34)23(35)24(36)25(40-13)41-15-8-19(32)28(12-30)21-17(3-5-27(28,37)9-15)29(38)6-4-16(14-7-20(33)39-11-14)26(29,2)10-18(21)31/h7,13,15-19,21-25,30-32,34-38H,3-6,8-12H2,1-2H3/t13-,15+,16+,17+,18+,19+,21+,22-,23+,24-,25+,26-,27-,28-,29+/m1/s1. The zero-order chi connectivity index (χ0) is 29.7. The Bertz CT molecular complexity index is 1080. The number of rotatable bonds is 4. The SMILES string of the molecule is C[C@H]1O[C@@H](O[C@H]2C[C@H](O)[C@]3(CO)[C@@H]4[C@@H](O)C[C@]5(C)[C@H](C6=CC(=O)OC6)CC[C@]5(O)[C@H]4CC[C@@]3(O)C2)[C@H](O)[C@@H](O)[C@@H]1O. The summed E-state index contributed by atoms with van der Waals surface area (Å²) < 4.78 is 16.7. The molecule has 2 aliphatic heterocycles. The first-order valence-electron chi connectivity index (χ1n) is 14.9. The Balaban J connectivity index is 1.28. The van der Waals surface area contributed by atoms with Crippen molar-refractivity contribution in [2.24, 2.45) is 28.6 Å². The Kier molecular flexibility index (Phi) is 7.22. The first kappa shape index (κ1) is 29.9. The fraction of sp³-hybridized carbons (Fsp3) is 0.897. The maximum atomic E-state index is 12.4. The summed E-state index contributed by atoms with van der Waals surface area (Å²) in [6.45, 7) is 3.00. The third-order valence-electron chi connectivity index (χ3n) is 12.2. The van der Waals surface area contributed by atoms with E-state index in [2.05, 4.69) is 0 Å². The van der Waals surface area contributed by atoms with Gasteiger partial charge in [0, 0.05) is 30.3 Å². The van der Waals surface area contributed by atoms with Crippen molar-refractivity contribution in [1.29, 1.82) is 0 Å². The lowest BCUT2D eigenvalue weighted by Gasteiger charge is -2.68. The van der Waals surface area contributed by atoms with Crippen molar-refractivity contribution < 1.29 is 59.9 Å². The lowest BCUT2D eigenvalue weighted by molar-refractivity contribution is -0.342. The average Bonchev–Trinajstić information content (AvgIpc) is 3.45. The van der Waals surface area contributed by atoms with Crippen LogP contribution in [0.5, 0.6) is 0 Å². The van der Waals surface area contributed by atoms with Crippen LogP contribution in [0.15, 0.2) is 11.6 Å². The van der Waals surface area contributed by atoms with Gasteiger partial charge in [0.05, 0.1) is 47.6 Å². The van der Waals surface area contributed by atoms with Gasteiger partial charge in [-0.15, -0.1) is 0 Å². The van der Waals surface area contributed by atoms with Gasteiger partial charge in [-0.25, -0.2) is 4.79 Å². The third kappa shape index (κ3) is 3.99. The quantitative estimate of drug-likeness (QED) is 0.140. The fourth-order valence-corrected chi connectivity index (χ4v) is 10.1. The molecule has 15 atom stereocenters. The van der Waals surface area contributed by atoms with E-state index in [1.54, 1.807) is 0 Å². The van der Waals surface area contributed by atoms with Crippen LogP contribution in [0.1, 0.15) is 58.8 Å². The van der Waals surface area contributed by atoms with Crippen molar-refractivity contribution in [2.45, 2.75) is 119 Å². The van der Waals surface area contributed by atoms with Gasteiger partial charge < -0.3 is 55.1 Å². The van der Waals surface area contributed by atoms with E-state index in [9.17, 15) is 45.6 Å². The van der Waals surface area contributed by atoms with E-state index in [1.165, 1.54) is 13.0 Å². The molecule has 0 amide bonds. The molecule has 1 saturated heterocycles. The van der Waals surface area contributed by atoms with Crippen LogP contribution >= 0.6 is 0 Å². The number of fused-ring (bicyclic) bond motifs is 5. The molecule has 0 unspecified atom stereocenters. The van der Waals surface area contributed by atoms with Gasteiger partial charge >= 0.3 is 5.97 Å². The Morgan fingerprint density at radius 2 is 1.76 bits per heavy atom. The van der Waals surface area contributed by atoms with Crippen molar-refractivity contribution in [1.82, 2.24) is 0 Å². The number of esters is 1. The molecule has 12 nitrogen and oxygen atoms in total. The zero-order valence-electron chi connectivity index (χ0n) is 23.5. The van der Waals surface area contributed by atoms with E-state index in [1.807, 2.05) is 6.92 Å². The van der Waals surface area contributed by atoms with Crippen LogP contribution in [0.25, 0.3) is 0 Å². The lowest BCUT2D eigenvalue weighted by atomic mass is 9.40. The summed E-state index contributed by atoms with van der Waals surface area (Å²) in [7, 11) is 0. The maximum Gasteiger partial charge on any atom is 0.331 e. The highest BCUT2D eigenvalue weighted by molar-refractivity contribution is 5.85. The Hall–Kier alpha value is -1.19. The zero-order valence-corrected chi connectivity index (χ0v) is 23.5. The summed E-state index contributed by atoms with van der Waals surface area (Å²) in [6, 6.07) is 0. The Morgan fingerprint density at radius 3 is 2.41 bits per heavy atom. The molecule has 2 heterocycles. The molecule has 0 aromatic heterocycles. The summed E-state index contributed by atoms with van der Waals surface area (Å²) in [4.78, 5) is 11.8. The van der Waals surface area contributed by atoms with E-state index in [-0.39, 0.29) is 38.2 Å². The second kappa shape index (κ2) is 9.91. The number of hydrogen-bond acceptors (Lipinski definition) is 12. The third-order valence-corrected chi connectivity index (χ3v) is 12.2. The van der Waals surface area contributed by atoms with E-state index in [4.69, 9.17) is 14.2 Å². The summed E-state index contributed by atoms with van der Waals surface area (Å²) in [5.41, 5.74) is -4.46. The monoisotopic (exact) mass is 584 g/mol. The molecular weight excluding hydrogens is 540 g/mol. The number of cyclic esters (lactones) is 1. The minimum absolute atomic E-state index is 0.0369. The van der Waals surface area contributed by atoms with E-state index < -0.39 is 95.5 Å². The summed E-state index contributed by atoms with van der Waals surface area (Å²) >= 11 is 0. The number of carbonyl (C=O) groups is 1. The predicted molar refractivity (Wildman–Crippen MR) is 139 cm³/mol. The molecule has 4 saturated carbocycles. The van der Waals surface area contributed by atoms with Gasteiger partial charge in [0.1, 0.15) is 24.9 Å². The molecule has 8 N–H and O–H groups in total. The lowest BCUT2D eigenvalue weighted by Crippen LogP contribution is -2.76. The number of ether oxygens (including phenoxy) is 3. The van der Waals surface area contributed by atoms with Crippen molar-refractivity contribution in [2.75, 3.05) is 13.2 Å². The van der Waals surface area contributed by atoms with Gasteiger partial charge in [0.15, 0.2) is 6.29 Å². The molecule has 0 radical (unpaired) electrons. The maximum absolute atomic E-state index is 12.4. The van der Waals surface area contributed by atoms with E-state index in [0.29, 0.717) is 19.3 Å². The molecule has 0 aromatic carbocycles. The minimum atomic E-state index is -1.67. The summed E-state index contributed by atoms with van der Waals surface area (Å²) in [5, 5.41) is 89.6. The molecule has 6 aliphatic rings. The van der Waals surface area contributed by atoms with Crippen LogP contribution in [0.4, 0.5) is 0 Å². The van der Waals surface area contributed by atoms with E-state index >= 15 is 0 Å². The highest BCUT2D eigenvalue weighted by Gasteiger charge is 2.75. The molecule has 6 rings (SSSR count). The summed E-state index contributed by atoms with van der Waals surface area (Å²) in [6.07, 6.45) is -6.68. The molecule has 0 aromatic rings. The molecule has 41 heavy (non-hydrogen) atoms. The molecule has 232 valence electrons. The highest BCUT2D eigenvalue weighted by Crippen LogP contribution is 2.70. The highest BCUT2D eigenvalue weighted by atomic mass is 16.7. The van der Waals surface area contributed by atoms with Crippen molar-refractivity contribution in [3.8, 4) is 0 Å². The smallest absolute Gasteiger partial charge is 0.331 e. The second-order valence-corrected chi connectivity index (χ2v) is 13.8. The van der Waals surface area contributed by atoms with Crippen molar-refractivity contribution in [3.05, 3.63) is 11.6 Å². The van der Waals surface area contributed by atoms with Gasteiger partial charge in [-0.05, 0) is 56.4 Å². The van der Waals surface area contributed by atoms with Gasteiger partial charge in [-0.1, -0.05) is 6.92 Å². The topological polar surface area (TPSA) is 207 Å². The summed E-state index contributed by atoms with van der Waals surface area (Å²) in [5.74, 6) is -1.93. The van der Waals surface area contributed by atoms with Crippen LogP contribution in [-0.4, -0.2) is 120 Å². The molecule has 5 fully saturated rings. The second-order valence-electron chi connectivity index (χ2n) is 13.8. The largest absolute Gasteiger partial charge is 0.458 e. The fourth-order valence-electron chi connectivity index (χ4n) is 10.1. The number of aliphatic hydroxyl groups excluding tert-OH is 6. The number of carbonyl (C=O) groups excluding carboxylic acids is 1. The van der Waals surface area contributed by atoms with Crippen molar-refractivity contribution >= 4 is 5.97 Å². The van der Waals surface area contributed by atoms with Crippen LogP contribution in [0.2, 0.25) is 0 Å². The van der Waals surface area contributed by atoms with Crippen LogP contribution in [-0.2, 0) is 19.0 Å². The van der Waals surface area contributed by atoms with Gasteiger partial charge in [0.2, 0.25) is 0 Å². The first-order chi connectivity index (χ1) is 19.2.